The Morgan fingerprint density at radius 2 is 1.88 bits per heavy atom. The van der Waals surface area contributed by atoms with Gasteiger partial charge in [0, 0.05) is 11.8 Å². The largest absolute Gasteiger partial charge is 0.497 e. The number of hydrogen-bond donors (Lipinski definition) is 0. The molecule has 0 N–H and O–H groups in total. The number of methoxy groups -OCH3 is 1. The Morgan fingerprint density at radius 3 is 2.60 bits per heavy atom. The van der Waals surface area contributed by atoms with Crippen LogP contribution in [0.3, 0.4) is 0 Å². The standard InChI is InChI=1S/C31H41NO7S/c1-19(2)40-25(33)17-31(11-6-9-29(3,4)39-31)28(34)38-27-24(35-5)16-30-10-7-12-32(30)13-8-20-14-22-23(37-18-36-22)15-21(20)26(27)30/h14-16,19,26-27H,6-13,17-18H2,1-5H3/t26-,27?,30?,31?/m1/s1. The lowest BCUT2D eigenvalue weighted by atomic mass is 9.77. The molecule has 2 saturated heterocycles. The van der Waals surface area contributed by atoms with E-state index in [2.05, 4.69) is 23.1 Å². The summed E-state index contributed by atoms with van der Waals surface area (Å²) in [5.74, 6) is 1.50. The lowest BCUT2D eigenvalue weighted by Crippen LogP contribution is -2.54. The van der Waals surface area contributed by atoms with Crippen LogP contribution >= 0.6 is 11.8 Å². The molecule has 1 spiro atoms. The van der Waals surface area contributed by atoms with Crippen molar-refractivity contribution in [3.8, 4) is 11.5 Å². The van der Waals surface area contributed by atoms with Crippen LogP contribution in [0.25, 0.3) is 0 Å². The van der Waals surface area contributed by atoms with Crippen LogP contribution < -0.4 is 9.47 Å². The maximum absolute atomic E-state index is 14.3. The molecule has 4 atom stereocenters. The zero-order chi connectivity index (χ0) is 28.3. The van der Waals surface area contributed by atoms with Crippen molar-refractivity contribution in [1.29, 1.82) is 0 Å². The summed E-state index contributed by atoms with van der Waals surface area (Å²) in [6.07, 6.45) is 6.49. The molecule has 0 saturated carbocycles. The van der Waals surface area contributed by atoms with E-state index in [1.807, 2.05) is 27.7 Å². The summed E-state index contributed by atoms with van der Waals surface area (Å²) in [6, 6.07) is 4.17. The van der Waals surface area contributed by atoms with Gasteiger partial charge in [-0.15, -0.1) is 0 Å². The van der Waals surface area contributed by atoms with Crippen LogP contribution in [0, 0.1) is 0 Å². The molecule has 1 aliphatic carbocycles. The minimum absolute atomic E-state index is 0.00588. The van der Waals surface area contributed by atoms with Crippen molar-refractivity contribution in [3.63, 3.8) is 0 Å². The molecule has 0 aromatic heterocycles. The van der Waals surface area contributed by atoms with Crippen molar-refractivity contribution < 1.29 is 33.3 Å². The summed E-state index contributed by atoms with van der Waals surface area (Å²) < 4.78 is 30.5. The van der Waals surface area contributed by atoms with Crippen LogP contribution in [0.1, 0.15) is 83.3 Å². The summed E-state index contributed by atoms with van der Waals surface area (Å²) >= 11 is 1.25. The normalized spacial score (nSPS) is 32.1. The fourth-order valence-electron chi connectivity index (χ4n) is 7.63. The van der Waals surface area contributed by atoms with Crippen LogP contribution in [0.5, 0.6) is 11.5 Å². The highest BCUT2D eigenvalue weighted by atomic mass is 32.2. The zero-order valence-corrected chi connectivity index (χ0v) is 25.1. The Balaban J connectivity index is 1.39. The van der Waals surface area contributed by atoms with E-state index in [4.69, 9.17) is 23.7 Å². The minimum Gasteiger partial charge on any atom is -0.497 e. The SMILES string of the molecule is COC1=CC23CCCN2CCc2cc4c(cc2[C@@H]3C1OC(=O)C1(CC(=O)SC(C)C)CCCC(C)(C)O1)OCO4. The second kappa shape index (κ2) is 10.2. The van der Waals surface area contributed by atoms with E-state index in [0.29, 0.717) is 12.2 Å². The number of esters is 1. The number of carbonyl (C=O) groups excluding carboxylic acids is 2. The predicted molar refractivity (Wildman–Crippen MR) is 152 cm³/mol. The van der Waals surface area contributed by atoms with Crippen LogP contribution in [0.15, 0.2) is 24.0 Å². The van der Waals surface area contributed by atoms with Gasteiger partial charge in [0.1, 0.15) is 5.76 Å². The third kappa shape index (κ3) is 4.71. The molecule has 5 aliphatic rings. The molecule has 1 aromatic rings. The Bertz CT molecular complexity index is 1230. The molecule has 218 valence electrons. The Hall–Kier alpha value is -2.23. The van der Waals surface area contributed by atoms with Crippen molar-refractivity contribution in [3.05, 3.63) is 35.1 Å². The van der Waals surface area contributed by atoms with Crippen molar-refractivity contribution in [2.75, 3.05) is 27.0 Å². The fraction of sp³-hybridized carbons (Fsp3) is 0.677. The average molecular weight is 572 g/mol. The van der Waals surface area contributed by atoms with Gasteiger partial charge in [-0.25, -0.2) is 4.79 Å². The van der Waals surface area contributed by atoms with Gasteiger partial charge in [-0.3, -0.25) is 9.69 Å². The molecule has 4 heterocycles. The van der Waals surface area contributed by atoms with E-state index in [0.717, 1.165) is 62.3 Å². The average Bonchev–Trinajstić information content (AvgIpc) is 3.56. The highest BCUT2D eigenvalue weighted by molar-refractivity contribution is 8.14. The summed E-state index contributed by atoms with van der Waals surface area (Å²) in [7, 11) is 1.65. The molecule has 8 nitrogen and oxygen atoms in total. The quantitative estimate of drug-likeness (QED) is 0.432. The van der Waals surface area contributed by atoms with E-state index in [1.54, 1.807) is 7.11 Å². The van der Waals surface area contributed by atoms with E-state index in [1.165, 1.54) is 17.3 Å². The van der Waals surface area contributed by atoms with Gasteiger partial charge in [0.25, 0.3) is 0 Å². The maximum atomic E-state index is 14.3. The number of nitrogens with zero attached hydrogens (tertiary/aromatic N) is 1. The van der Waals surface area contributed by atoms with Gasteiger partial charge in [-0.05, 0) is 88.3 Å². The molecular weight excluding hydrogens is 530 g/mol. The molecule has 0 radical (unpaired) electrons. The Morgan fingerprint density at radius 1 is 1.10 bits per heavy atom. The zero-order valence-electron chi connectivity index (χ0n) is 24.2. The minimum atomic E-state index is -1.33. The molecule has 2 fully saturated rings. The van der Waals surface area contributed by atoms with E-state index in [9.17, 15) is 9.59 Å². The van der Waals surface area contributed by atoms with E-state index in [-0.39, 0.29) is 35.0 Å². The molecule has 0 bridgehead atoms. The Kier molecular flexibility index (Phi) is 7.15. The first-order valence-electron chi connectivity index (χ1n) is 14.6. The molecule has 0 amide bonds. The highest BCUT2D eigenvalue weighted by Gasteiger charge is 2.59. The summed E-state index contributed by atoms with van der Waals surface area (Å²) in [5.41, 5.74) is 0.112. The smallest absolute Gasteiger partial charge is 0.339 e. The number of rotatable bonds is 6. The topological polar surface area (TPSA) is 83.5 Å². The van der Waals surface area contributed by atoms with Crippen LogP contribution in [-0.2, 0) is 30.2 Å². The first-order chi connectivity index (χ1) is 19.1. The first kappa shape index (κ1) is 27.9. The molecule has 40 heavy (non-hydrogen) atoms. The van der Waals surface area contributed by atoms with Gasteiger partial charge in [-0.1, -0.05) is 25.6 Å². The molecule has 9 heteroatoms. The van der Waals surface area contributed by atoms with Gasteiger partial charge in [0.05, 0.1) is 30.6 Å². The highest BCUT2D eigenvalue weighted by Crippen LogP contribution is 2.56. The van der Waals surface area contributed by atoms with E-state index >= 15 is 0 Å². The van der Waals surface area contributed by atoms with E-state index < -0.39 is 23.3 Å². The lowest BCUT2D eigenvalue weighted by Gasteiger charge is -2.44. The molecule has 6 rings (SSSR count). The maximum Gasteiger partial charge on any atom is 0.339 e. The molecular formula is C31H41NO7S. The van der Waals surface area contributed by atoms with Crippen LogP contribution in [0.4, 0.5) is 0 Å². The second-order valence-electron chi connectivity index (χ2n) is 12.7. The molecule has 1 aromatic carbocycles. The number of carbonyl (C=O) groups is 2. The van der Waals surface area contributed by atoms with Gasteiger partial charge >= 0.3 is 5.97 Å². The van der Waals surface area contributed by atoms with Crippen LogP contribution in [-0.4, -0.2) is 71.1 Å². The van der Waals surface area contributed by atoms with Crippen molar-refractivity contribution in [1.82, 2.24) is 4.90 Å². The van der Waals surface area contributed by atoms with Gasteiger partial charge in [0.15, 0.2) is 28.3 Å². The summed E-state index contributed by atoms with van der Waals surface area (Å²) in [4.78, 5) is 30.0. The van der Waals surface area contributed by atoms with Gasteiger partial charge < -0.3 is 23.7 Å². The number of benzene rings is 1. The lowest BCUT2D eigenvalue weighted by molar-refractivity contribution is -0.213. The van der Waals surface area contributed by atoms with Gasteiger partial charge in [0.2, 0.25) is 6.79 Å². The monoisotopic (exact) mass is 571 g/mol. The number of hydrogen-bond acceptors (Lipinski definition) is 9. The third-order valence-corrected chi connectivity index (χ3v) is 10.1. The molecule has 3 unspecified atom stereocenters. The summed E-state index contributed by atoms with van der Waals surface area (Å²) in [5, 5.41) is 0.0724. The van der Waals surface area contributed by atoms with Crippen LogP contribution in [0.2, 0.25) is 0 Å². The van der Waals surface area contributed by atoms with Crippen molar-refractivity contribution in [2.24, 2.45) is 0 Å². The Labute approximate surface area is 241 Å². The number of fused-ring (bicyclic) bond motifs is 3. The molecule has 4 aliphatic heterocycles. The second-order valence-corrected chi connectivity index (χ2v) is 14.3. The van der Waals surface area contributed by atoms with Gasteiger partial charge in [-0.2, -0.15) is 0 Å². The summed E-state index contributed by atoms with van der Waals surface area (Å²) in [6.45, 7) is 10.0. The third-order valence-electron chi connectivity index (χ3n) is 9.20. The van der Waals surface area contributed by atoms with Crippen molar-refractivity contribution in [2.45, 2.75) is 107 Å². The number of thioether (sulfide) groups is 1. The fourth-order valence-corrected chi connectivity index (χ4v) is 8.47. The van der Waals surface area contributed by atoms with Crippen molar-refractivity contribution >= 4 is 22.8 Å². The predicted octanol–water partition coefficient (Wildman–Crippen LogP) is 5.12. The first-order valence-corrected chi connectivity index (χ1v) is 15.5. The number of ether oxygens (including phenoxy) is 5.